The zero-order valence-corrected chi connectivity index (χ0v) is 10.9. The first kappa shape index (κ1) is 12.9. The number of pyridine rings is 1. The second-order valence-corrected chi connectivity index (χ2v) is 4.21. The van der Waals surface area contributed by atoms with Crippen molar-refractivity contribution in [1.29, 1.82) is 5.26 Å². The quantitative estimate of drug-likeness (QED) is 0.909. The van der Waals surface area contributed by atoms with Gasteiger partial charge in [0.25, 0.3) is 0 Å². The van der Waals surface area contributed by atoms with Crippen molar-refractivity contribution >= 4 is 5.69 Å². The maximum absolute atomic E-state index is 9.27. The van der Waals surface area contributed by atoms with Crippen LogP contribution in [0.3, 0.4) is 0 Å². The fourth-order valence-electron chi connectivity index (χ4n) is 1.77. The van der Waals surface area contributed by atoms with Gasteiger partial charge in [0.05, 0.1) is 13.2 Å². The van der Waals surface area contributed by atoms with Crippen molar-refractivity contribution < 1.29 is 4.74 Å². The Morgan fingerprint density at radius 2 is 2.16 bits per heavy atom. The molecule has 1 heterocycles. The predicted molar refractivity (Wildman–Crippen MR) is 73.9 cm³/mol. The van der Waals surface area contributed by atoms with Crippen molar-refractivity contribution in [2.75, 3.05) is 12.4 Å². The molecule has 19 heavy (non-hydrogen) atoms. The molecule has 96 valence electrons. The number of ether oxygens (including phenoxy) is 1. The summed E-state index contributed by atoms with van der Waals surface area (Å²) in [5.41, 5.74) is 2.88. The van der Waals surface area contributed by atoms with Crippen LogP contribution < -0.4 is 10.1 Å². The van der Waals surface area contributed by atoms with Crippen molar-refractivity contribution in [1.82, 2.24) is 4.98 Å². The standard InChI is InChI=1S/C15H15N3O/c1-11-4-3-5-13(8-11)18-14(9-16)12-6-7-15(19-2)17-10-12/h3-8,10,14,18H,1-2H3. The number of methoxy groups -OCH3 is 1. The minimum absolute atomic E-state index is 0.430. The van der Waals surface area contributed by atoms with E-state index in [2.05, 4.69) is 16.4 Å². The number of rotatable bonds is 4. The van der Waals surface area contributed by atoms with Crippen LogP contribution >= 0.6 is 0 Å². The lowest BCUT2D eigenvalue weighted by Crippen LogP contribution is -2.09. The molecule has 0 spiro atoms. The minimum Gasteiger partial charge on any atom is -0.481 e. The van der Waals surface area contributed by atoms with Crippen LogP contribution in [0, 0.1) is 18.3 Å². The zero-order valence-electron chi connectivity index (χ0n) is 10.9. The van der Waals surface area contributed by atoms with Gasteiger partial charge < -0.3 is 10.1 Å². The molecule has 2 rings (SSSR count). The van der Waals surface area contributed by atoms with Crippen LogP contribution in [0.15, 0.2) is 42.6 Å². The molecule has 0 saturated carbocycles. The molecule has 1 N–H and O–H groups in total. The highest BCUT2D eigenvalue weighted by atomic mass is 16.5. The number of hydrogen-bond acceptors (Lipinski definition) is 4. The number of hydrogen-bond donors (Lipinski definition) is 1. The van der Waals surface area contributed by atoms with Crippen molar-refractivity contribution in [3.63, 3.8) is 0 Å². The number of aromatic nitrogens is 1. The summed E-state index contributed by atoms with van der Waals surface area (Å²) < 4.78 is 5.00. The summed E-state index contributed by atoms with van der Waals surface area (Å²) in [6.45, 7) is 2.02. The first-order valence-corrected chi connectivity index (χ1v) is 5.95. The highest BCUT2D eigenvalue weighted by molar-refractivity contribution is 5.49. The third-order valence-corrected chi connectivity index (χ3v) is 2.76. The van der Waals surface area contributed by atoms with Gasteiger partial charge in [-0.3, -0.25) is 0 Å². The molecule has 1 atom stereocenters. The van der Waals surface area contributed by atoms with E-state index in [0.29, 0.717) is 5.88 Å². The second kappa shape index (κ2) is 5.87. The van der Waals surface area contributed by atoms with Gasteiger partial charge in [-0.05, 0) is 30.7 Å². The van der Waals surface area contributed by atoms with Gasteiger partial charge in [0.1, 0.15) is 6.04 Å². The maximum Gasteiger partial charge on any atom is 0.212 e. The first-order valence-electron chi connectivity index (χ1n) is 5.95. The number of nitrogens with one attached hydrogen (secondary N) is 1. The number of anilines is 1. The Labute approximate surface area is 112 Å². The molecular formula is C15H15N3O. The number of nitrogens with zero attached hydrogens (tertiary/aromatic N) is 2. The van der Waals surface area contributed by atoms with Gasteiger partial charge in [0, 0.05) is 23.5 Å². The Balaban J connectivity index is 2.18. The van der Waals surface area contributed by atoms with Crippen LogP contribution in [-0.4, -0.2) is 12.1 Å². The molecule has 1 unspecified atom stereocenters. The molecule has 0 bridgehead atoms. The molecule has 4 heteroatoms. The summed E-state index contributed by atoms with van der Waals surface area (Å²) in [6.07, 6.45) is 1.65. The van der Waals surface area contributed by atoms with Crippen molar-refractivity contribution in [2.45, 2.75) is 13.0 Å². The summed E-state index contributed by atoms with van der Waals surface area (Å²) in [6, 6.07) is 13.3. The van der Waals surface area contributed by atoms with E-state index in [0.717, 1.165) is 16.8 Å². The highest BCUT2D eigenvalue weighted by Crippen LogP contribution is 2.20. The van der Waals surface area contributed by atoms with Crippen LogP contribution in [0.25, 0.3) is 0 Å². The smallest absolute Gasteiger partial charge is 0.212 e. The average Bonchev–Trinajstić information content (AvgIpc) is 2.45. The van der Waals surface area contributed by atoms with Crippen LogP contribution in [-0.2, 0) is 0 Å². The van der Waals surface area contributed by atoms with Crippen molar-refractivity contribution in [3.05, 3.63) is 53.7 Å². The van der Waals surface area contributed by atoms with Gasteiger partial charge in [0.15, 0.2) is 0 Å². The molecule has 0 aliphatic heterocycles. The monoisotopic (exact) mass is 253 g/mol. The van der Waals surface area contributed by atoms with Gasteiger partial charge in [-0.25, -0.2) is 4.98 Å². The fourth-order valence-corrected chi connectivity index (χ4v) is 1.77. The Hall–Kier alpha value is -2.54. The molecule has 0 saturated heterocycles. The lowest BCUT2D eigenvalue weighted by molar-refractivity contribution is 0.397. The van der Waals surface area contributed by atoms with E-state index >= 15 is 0 Å². The Bertz CT molecular complexity index is 587. The van der Waals surface area contributed by atoms with Crippen molar-refractivity contribution in [2.24, 2.45) is 0 Å². The van der Waals surface area contributed by atoms with Gasteiger partial charge in [-0.15, -0.1) is 0 Å². The van der Waals surface area contributed by atoms with Gasteiger partial charge in [-0.2, -0.15) is 5.26 Å². The predicted octanol–water partition coefficient (Wildman–Crippen LogP) is 3.08. The largest absolute Gasteiger partial charge is 0.481 e. The Morgan fingerprint density at radius 3 is 2.74 bits per heavy atom. The van der Waals surface area contributed by atoms with Crippen LogP contribution in [0.1, 0.15) is 17.2 Å². The molecule has 1 aromatic heterocycles. The number of aryl methyl sites for hydroxylation is 1. The molecule has 0 aliphatic carbocycles. The topological polar surface area (TPSA) is 57.9 Å². The number of nitriles is 1. The normalized spacial score (nSPS) is 11.4. The summed E-state index contributed by atoms with van der Waals surface area (Å²) in [5.74, 6) is 0.538. The van der Waals surface area contributed by atoms with E-state index in [4.69, 9.17) is 4.74 Å². The molecular weight excluding hydrogens is 238 g/mol. The third kappa shape index (κ3) is 3.23. The maximum atomic E-state index is 9.27. The SMILES string of the molecule is COc1ccc(C(C#N)Nc2cccc(C)c2)cn1. The molecule has 0 amide bonds. The third-order valence-electron chi connectivity index (χ3n) is 2.76. The van der Waals surface area contributed by atoms with Crippen LogP contribution in [0.4, 0.5) is 5.69 Å². The molecule has 4 nitrogen and oxygen atoms in total. The molecule has 0 aliphatic rings. The van der Waals surface area contributed by atoms with Gasteiger partial charge in [0.2, 0.25) is 5.88 Å². The highest BCUT2D eigenvalue weighted by Gasteiger charge is 2.10. The number of benzene rings is 1. The van der Waals surface area contributed by atoms with E-state index in [1.54, 1.807) is 19.4 Å². The van der Waals surface area contributed by atoms with E-state index in [1.165, 1.54) is 0 Å². The lowest BCUT2D eigenvalue weighted by atomic mass is 10.1. The average molecular weight is 253 g/mol. The zero-order chi connectivity index (χ0) is 13.7. The van der Waals surface area contributed by atoms with E-state index in [-0.39, 0.29) is 0 Å². The molecule has 0 fully saturated rings. The Morgan fingerprint density at radius 1 is 1.32 bits per heavy atom. The fraction of sp³-hybridized carbons (Fsp3) is 0.200. The molecule has 0 radical (unpaired) electrons. The summed E-state index contributed by atoms with van der Waals surface area (Å²) in [7, 11) is 1.56. The first-order chi connectivity index (χ1) is 9.22. The minimum atomic E-state index is -0.430. The van der Waals surface area contributed by atoms with Gasteiger partial charge >= 0.3 is 0 Å². The van der Waals surface area contributed by atoms with Crippen LogP contribution in [0.2, 0.25) is 0 Å². The molecule has 1 aromatic carbocycles. The Kier molecular flexibility index (Phi) is 3.99. The summed E-state index contributed by atoms with van der Waals surface area (Å²) in [5, 5.41) is 12.4. The van der Waals surface area contributed by atoms with Crippen molar-refractivity contribution in [3.8, 4) is 11.9 Å². The van der Waals surface area contributed by atoms with Crippen LogP contribution in [0.5, 0.6) is 5.88 Å². The lowest BCUT2D eigenvalue weighted by Gasteiger charge is -2.13. The molecule has 2 aromatic rings. The summed E-state index contributed by atoms with van der Waals surface area (Å²) >= 11 is 0. The van der Waals surface area contributed by atoms with E-state index in [9.17, 15) is 5.26 Å². The second-order valence-electron chi connectivity index (χ2n) is 4.21. The van der Waals surface area contributed by atoms with Gasteiger partial charge in [-0.1, -0.05) is 12.1 Å². The summed E-state index contributed by atoms with van der Waals surface area (Å²) in [4.78, 5) is 4.11. The van der Waals surface area contributed by atoms with E-state index in [1.807, 2.05) is 37.3 Å². The van der Waals surface area contributed by atoms with E-state index < -0.39 is 6.04 Å².